The van der Waals surface area contributed by atoms with E-state index in [1.54, 1.807) is 0 Å². The lowest BCUT2D eigenvalue weighted by Crippen LogP contribution is -1.81. The standard InChI is InChI=1S/C5H4N2O/c8-3-5-1-6-4-7-2-5/h1-4H/i3D. The van der Waals surface area contributed by atoms with Gasteiger partial charge in [-0.15, -0.1) is 0 Å². The molecular formula is C5H4N2O. The van der Waals surface area contributed by atoms with Crippen molar-refractivity contribution in [3.8, 4) is 0 Å². The topological polar surface area (TPSA) is 42.9 Å². The molecule has 0 aliphatic heterocycles. The molecule has 0 aliphatic rings. The van der Waals surface area contributed by atoms with Crippen molar-refractivity contribution in [1.29, 1.82) is 0 Å². The molecule has 3 heteroatoms. The molecule has 0 aliphatic carbocycles. The van der Waals surface area contributed by atoms with Gasteiger partial charge in [0.25, 0.3) is 0 Å². The van der Waals surface area contributed by atoms with Crippen molar-refractivity contribution in [2.24, 2.45) is 0 Å². The summed E-state index contributed by atoms with van der Waals surface area (Å²) in [5, 5.41) is 0. The summed E-state index contributed by atoms with van der Waals surface area (Å²) in [6, 6.07) is 0. The van der Waals surface area contributed by atoms with Gasteiger partial charge in [-0.3, -0.25) is 4.79 Å². The summed E-state index contributed by atoms with van der Waals surface area (Å²) < 4.78 is 6.60. The van der Waals surface area contributed by atoms with Crippen molar-refractivity contribution in [3.05, 3.63) is 24.3 Å². The lowest BCUT2D eigenvalue weighted by atomic mass is 10.4. The second kappa shape index (κ2) is 2.16. The predicted octanol–water partition coefficient (Wildman–Crippen LogP) is 0.289. The van der Waals surface area contributed by atoms with Gasteiger partial charge < -0.3 is 0 Å². The van der Waals surface area contributed by atoms with Crippen molar-refractivity contribution in [3.63, 3.8) is 0 Å². The average molecular weight is 109 g/mol. The summed E-state index contributed by atoms with van der Waals surface area (Å²) >= 11 is 0. The van der Waals surface area contributed by atoms with E-state index >= 15 is 0 Å². The number of nitrogens with zero attached hydrogens (tertiary/aromatic N) is 2. The third-order valence-electron chi connectivity index (χ3n) is 0.678. The molecule has 0 bridgehead atoms. The zero-order valence-electron chi connectivity index (χ0n) is 5.03. The van der Waals surface area contributed by atoms with Crippen LogP contribution in [0.25, 0.3) is 0 Å². The molecule has 3 nitrogen and oxygen atoms in total. The Bertz CT molecular complexity index is 211. The number of aldehydes is 1. The Morgan fingerprint density at radius 2 is 2.25 bits per heavy atom. The van der Waals surface area contributed by atoms with Gasteiger partial charge >= 0.3 is 0 Å². The van der Waals surface area contributed by atoms with Gasteiger partial charge in [0.05, 0.1) is 5.56 Å². The molecule has 40 valence electrons. The number of carbonyl (C=O) groups excluding carboxylic acids is 1. The summed E-state index contributed by atoms with van der Waals surface area (Å²) in [6.45, 7) is 0. The van der Waals surface area contributed by atoms with Gasteiger partial charge in [-0.1, -0.05) is 0 Å². The highest BCUT2D eigenvalue weighted by molar-refractivity contribution is 5.73. The normalized spacial score (nSPS) is 10.2. The molecule has 0 atom stereocenters. The maximum absolute atomic E-state index is 10.2. The van der Waals surface area contributed by atoms with Crippen LogP contribution in [0.1, 0.15) is 11.7 Å². The number of rotatable bonds is 1. The maximum Gasteiger partial charge on any atom is 0.153 e. The Morgan fingerprint density at radius 3 is 2.62 bits per heavy atom. The summed E-state index contributed by atoms with van der Waals surface area (Å²) in [7, 11) is 0. The summed E-state index contributed by atoms with van der Waals surface area (Å²) in [4.78, 5) is 17.3. The van der Waals surface area contributed by atoms with Gasteiger partial charge in [0.15, 0.2) is 6.26 Å². The van der Waals surface area contributed by atoms with E-state index in [2.05, 4.69) is 9.97 Å². The van der Waals surface area contributed by atoms with Gasteiger partial charge in [-0.2, -0.15) is 0 Å². The molecule has 0 aromatic carbocycles. The summed E-state index contributed by atoms with van der Waals surface area (Å²) in [5.74, 6) is 0. The Balaban J connectivity index is 2.98. The molecule has 0 saturated heterocycles. The maximum atomic E-state index is 10.2. The first-order valence-electron chi connectivity index (χ1n) is 2.56. The van der Waals surface area contributed by atoms with Crippen LogP contribution >= 0.6 is 0 Å². The molecule has 0 N–H and O–H groups in total. The van der Waals surface area contributed by atoms with Crippen LogP contribution < -0.4 is 0 Å². The molecule has 8 heavy (non-hydrogen) atoms. The van der Waals surface area contributed by atoms with Crippen molar-refractivity contribution >= 4 is 6.26 Å². The first-order chi connectivity index (χ1) is 4.30. The minimum absolute atomic E-state index is 0.220. The van der Waals surface area contributed by atoms with Gasteiger partial charge in [0, 0.05) is 12.4 Å². The molecule has 0 fully saturated rings. The fourth-order valence-electron chi connectivity index (χ4n) is 0.352. The highest BCUT2D eigenvalue weighted by Gasteiger charge is 1.82. The smallest absolute Gasteiger partial charge is 0.153 e. The van der Waals surface area contributed by atoms with Crippen LogP contribution in [0.15, 0.2) is 18.7 Å². The van der Waals surface area contributed by atoms with E-state index in [-0.39, 0.29) is 5.56 Å². The second-order valence-corrected chi connectivity index (χ2v) is 1.23. The van der Waals surface area contributed by atoms with Gasteiger partial charge in [-0.05, 0) is 0 Å². The first-order valence-corrected chi connectivity index (χ1v) is 2.06. The Labute approximate surface area is 47.8 Å². The second-order valence-electron chi connectivity index (χ2n) is 1.23. The fourth-order valence-corrected chi connectivity index (χ4v) is 0.352. The zero-order valence-corrected chi connectivity index (χ0v) is 4.03. The number of carbonyl (C=O) groups is 1. The molecule has 0 saturated carbocycles. The molecule has 1 aromatic rings. The predicted molar refractivity (Wildman–Crippen MR) is 27.4 cm³/mol. The van der Waals surface area contributed by atoms with E-state index in [1.807, 2.05) is 0 Å². The Morgan fingerprint density at radius 1 is 1.62 bits per heavy atom. The highest BCUT2D eigenvalue weighted by atomic mass is 16.1. The van der Waals surface area contributed by atoms with Crippen LogP contribution in [0, 0.1) is 0 Å². The number of aromatic nitrogens is 2. The van der Waals surface area contributed by atoms with Crippen LogP contribution in [0.3, 0.4) is 0 Å². The third kappa shape index (κ3) is 0.872. The molecule has 0 unspecified atom stereocenters. The lowest BCUT2D eigenvalue weighted by molar-refractivity contribution is 0.112. The van der Waals surface area contributed by atoms with Gasteiger partial charge in [0.1, 0.15) is 7.70 Å². The first kappa shape index (κ1) is 3.72. The van der Waals surface area contributed by atoms with Crippen LogP contribution in [0.4, 0.5) is 0 Å². The average Bonchev–Trinajstić information content (AvgIpc) is 1.90. The van der Waals surface area contributed by atoms with Crippen LogP contribution in [-0.2, 0) is 0 Å². The lowest BCUT2D eigenvalue weighted by Gasteiger charge is -1.80. The van der Waals surface area contributed by atoms with E-state index in [9.17, 15) is 4.79 Å². The minimum atomic E-state index is -0.754. The largest absolute Gasteiger partial charge is 0.298 e. The van der Waals surface area contributed by atoms with E-state index in [0.29, 0.717) is 0 Å². The van der Waals surface area contributed by atoms with Crippen molar-refractivity contribution in [1.82, 2.24) is 9.97 Å². The van der Waals surface area contributed by atoms with E-state index in [1.165, 1.54) is 18.7 Å². The molecule has 0 spiro atoms. The third-order valence-corrected chi connectivity index (χ3v) is 0.678. The highest BCUT2D eigenvalue weighted by Crippen LogP contribution is 1.83. The molecule has 0 amide bonds. The van der Waals surface area contributed by atoms with Gasteiger partial charge in [-0.25, -0.2) is 9.97 Å². The summed E-state index contributed by atoms with van der Waals surface area (Å²) in [5.41, 5.74) is 0.220. The monoisotopic (exact) mass is 109 g/mol. The molecule has 1 heterocycles. The number of hydrogen-bond acceptors (Lipinski definition) is 3. The van der Waals surface area contributed by atoms with E-state index < -0.39 is 6.26 Å². The van der Waals surface area contributed by atoms with Crippen LogP contribution in [-0.4, -0.2) is 16.2 Å². The van der Waals surface area contributed by atoms with Crippen LogP contribution in [0.2, 0.25) is 0 Å². The number of hydrogen-bond donors (Lipinski definition) is 0. The SMILES string of the molecule is [2H]C(=O)c1cncnc1. The molecule has 1 aromatic heterocycles. The molecule has 1 rings (SSSR count). The quantitative estimate of drug-likeness (QED) is 0.487. The van der Waals surface area contributed by atoms with Crippen molar-refractivity contribution in [2.45, 2.75) is 0 Å². The molecule has 0 radical (unpaired) electrons. The Kier molecular flexibility index (Phi) is 1.00. The minimum Gasteiger partial charge on any atom is -0.298 e. The van der Waals surface area contributed by atoms with Crippen molar-refractivity contribution in [2.75, 3.05) is 0 Å². The van der Waals surface area contributed by atoms with Crippen molar-refractivity contribution < 1.29 is 6.17 Å². The summed E-state index contributed by atoms with van der Waals surface area (Å²) in [6.07, 6.45) is 3.17. The van der Waals surface area contributed by atoms with E-state index in [0.717, 1.165) is 0 Å². The fraction of sp³-hybridized carbons (Fsp3) is 0. The van der Waals surface area contributed by atoms with Crippen LogP contribution in [0.5, 0.6) is 0 Å². The van der Waals surface area contributed by atoms with E-state index in [4.69, 9.17) is 1.37 Å². The zero-order chi connectivity index (χ0) is 6.69. The van der Waals surface area contributed by atoms with Gasteiger partial charge in [0.2, 0.25) is 0 Å². The Hall–Kier alpha value is -1.25. The molecular weight excluding hydrogens is 104 g/mol.